The minimum Gasteiger partial charge on any atom is -0.508 e. The van der Waals surface area contributed by atoms with Crippen molar-refractivity contribution in [1.29, 1.82) is 0 Å². The van der Waals surface area contributed by atoms with E-state index in [0.29, 0.717) is 16.7 Å². The molecule has 1 aliphatic heterocycles. The molecule has 2 rings (SSSR count). The van der Waals surface area contributed by atoms with Gasteiger partial charge in [-0.2, -0.15) is 0 Å². The molecule has 3 nitrogen and oxygen atoms in total. The number of piperidine rings is 1. The fraction of sp³-hybridized carbons (Fsp3) is 0.538. The van der Waals surface area contributed by atoms with E-state index in [-0.39, 0.29) is 0 Å². The normalized spacial score (nSPS) is 21.6. The Balaban J connectivity index is 2.02. The highest BCUT2D eigenvalue weighted by atomic mass is 35.5. The number of hydrogen-bond acceptors (Lipinski definition) is 3. The van der Waals surface area contributed by atoms with Gasteiger partial charge < -0.3 is 10.8 Å². The maximum absolute atomic E-state index is 9.78. The molecule has 17 heavy (non-hydrogen) atoms. The second-order valence-electron chi connectivity index (χ2n) is 4.75. The smallest absolute Gasteiger partial charge is 0.120 e. The summed E-state index contributed by atoms with van der Waals surface area (Å²) in [7, 11) is 0. The van der Waals surface area contributed by atoms with Crippen LogP contribution in [0.1, 0.15) is 18.4 Å². The second kappa shape index (κ2) is 5.71. The third kappa shape index (κ3) is 3.35. The zero-order valence-corrected chi connectivity index (χ0v) is 10.7. The Morgan fingerprint density at radius 2 is 2.29 bits per heavy atom. The maximum Gasteiger partial charge on any atom is 0.120 e. The highest BCUT2D eigenvalue weighted by Gasteiger charge is 2.19. The molecule has 0 aromatic heterocycles. The van der Waals surface area contributed by atoms with Gasteiger partial charge in [0.25, 0.3) is 0 Å². The molecule has 0 aliphatic carbocycles. The van der Waals surface area contributed by atoms with E-state index < -0.39 is 0 Å². The highest BCUT2D eigenvalue weighted by Crippen LogP contribution is 2.25. The van der Waals surface area contributed by atoms with Crippen LogP contribution in [0.4, 0.5) is 0 Å². The van der Waals surface area contributed by atoms with E-state index in [9.17, 15) is 5.11 Å². The number of rotatable bonds is 3. The molecule has 0 bridgehead atoms. The first-order valence-electron chi connectivity index (χ1n) is 6.09. The lowest BCUT2D eigenvalue weighted by Crippen LogP contribution is -2.37. The van der Waals surface area contributed by atoms with Crippen LogP contribution >= 0.6 is 11.6 Å². The number of benzene rings is 1. The molecule has 1 saturated heterocycles. The van der Waals surface area contributed by atoms with Crippen molar-refractivity contribution in [2.75, 3.05) is 19.6 Å². The van der Waals surface area contributed by atoms with Gasteiger partial charge in [0.1, 0.15) is 5.75 Å². The summed E-state index contributed by atoms with van der Waals surface area (Å²) in [5.74, 6) is 0.911. The topological polar surface area (TPSA) is 49.5 Å². The van der Waals surface area contributed by atoms with Crippen molar-refractivity contribution in [1.82, 2.24) is 4.90 Å². The summed E-state index contributed by atoms with van der Waals surface area (Å²) in [6.07, 6.45) is 2.40. The Hall–Kier alpha value is -0.770. The average Bonchev–Trinajstić information content (AvgIpc) is 2.34. The van der Waals surface area contributed by atoms with Crippen LogP contribution in [-0.2, 0) is 6.54 Å². The highest BCUT2D eigenvalue weighted by molar-refractivity contribution is 6.30. The number of aromatic hydroxyl groups is 1. The molecule has 1 fully saturated rings. The van der Waals surface area contributed by atoms with E-state index >= 15 is 0 Å². The van der Waals surface area contributed by atoms with Crippen molar-refractivity contribution in [3.63, 3.8) is 0 Å². The fourth-order valence-corrected chi connectivity index (χ4v) is 2.60. The molecule has 94 valence electrons. The number of hydrogen-bond donors (Lipinski definition) is 2. The summed E-state index contributed by atoms with van der Waals surface area (Å²) in [6, 6.07) is 5.20. The molecule has 1 aromatic rings. The Labute approximate surface area is 107 Å². The summed E-state index contributed by atoms with van der Waals surface area (Å²) in [5.41, 5.74) is 6.61. The molecular formula is C13H19ClN2O. The van der Waals surface area contributed by atoms with Crippen LogP contribution in [0.15, 0.2) is 18.2 Å². The second-order valence-corrected chi connectivity index (χ2v) is 5.19. The molecule has 1 heterocycles. The van der Waals surface area contributed by atoms with Gasteiger partial charge in [-0.1, -0.05) is 11.6 Å². The first-order valence-corrected chi connectivity index (χ1v) is 6.46. The zero-order valence-electron chi connectivity index (χ0n) is 9.90. The quantitative estimate of drug-likeness (QED) is 0.870. The Bertz CT molecular complexity index is 384. The van der Waals surface area contributed by atoms with Gasteiger partial charge >= 0.3 is 0 Å². The first kappa shape index (κ1) is 12.7. The Kier molecular flexibility index (Phi) is 4.26. The van der Waals surface area contributed by atoms with E-state index in [1.165, 1.54) is 12.8 Å². The van der Waals surface area contributed by atoms with Crippen LogP contribution in [0, 0.1) is 5.92 Å². The van der Waals surface area contributed by atoms with Gasteiger partial charge in [-0.05, 0) is 50.0 Å². The Morgan fingerprint density at radius 3 is 3.06 bits per heavy atom. The number of nitrogens with zero attached hydrogens (tertiary/aromatic N) is 1. The van der Waals surface area contributed by atoms with Crippen molar-refractivity contribution in [3.8, 4) is 5.75 Å². The lowest BCUT2D eigenvalue weighted by Gasteiger charge is -2.32. The molecule has 0 saturated carbocycles. The molecular weight excluding hydrogens is 236 g/mol. The summed E-state index contributed by atoms with van der Waals surface area (Å²) < 4.78 is 0. The number of nitrogens with two attached hydrogens (primary N) is 1. The van der Waals surface area contributed by atoms with E-state index in [1.54, 1.807) is 12.1 Å². The monoisotopic (exact) mass is 254 g/mol. The maximum atomic E-state index is 9.78. The van der Waals surface area contributed by atoms with Crippen molar-refractivity contribution < 1.29 is 5.11 Å². The lowest BCUT2D eigenvalue weighted by molar-refractivity contribution is 0.169. The minimum atomic E-state index is 0.323. The van der Waals surface area contributed by atoms with Gasteiger partial charge in [-0.15, -0.1) is 0 Å². The van der Waals surface area contributed by atoms with Gasteiger partial charge in [0, 0.05) is 23.7 Å². The summed E-state index contributed by atoms with van der Waals surface area (Å²) in [5, 5.41) is 10.5. The number of phenols is 1. The third-order valence-corrected chi connectivity index (χ3v) is 3.61. The van der Waals surface area contributed by atoms with Gasteiger partial charge in [0.05, 0.1) is 0 Å². The molecule has 0 radical (unpaired) electrons. The van der Waals surface area contributed by atoms with Gasteiger partial charge in [0.2, 0.25) is 0 Å². The van der Waals surface area contributed by atoms with Crippen LogP contribution in [0.5, 0.6) is 5.75 Å². The number of halogens is 1. The molecule has 3 N–H and O–H groups in total. The van der Waals surface area contributed by atoms with Crippen LogP contribution in [0.2, 0.25) is 5.02 Å². The average molecular weight is 255 g/mol. The van der Waals surface area contributed by atoms with Gasteiger partial charge in [-0.3, -0.25) is 4.90 Å². The fourth-order valence-electron chi connectivity index (χ4n) is 2.41. The largest absolute Gasteiger partial charge is 0.508 e. The van der Waals surface area contributed by atoms with E-state index in [1.807, 2.05) is 6.07 Å². The van der Waals surface area contributed by atoms with Crippen molar-refractivity contribution in [3.05, 3.63) is 28.8 Å². The van der Waals surface area contributed by atoms with E-state index in [4.69, 9.17) is 17.3 Å². The number of phenolic OH excluding ortho intramolecular Hbond substituents is 1. The molecule has 4 heteroatoms. The predicted molar refractivity (Wildman–Crippen MR) is 70.2 cm³/mol. The van der Waals surface area contributed by atoms with Gasteiger partial charge in [-0.25, -0.2) is 0 Å². The van der Waals surface area contributed by atoms with Crippen molar-refractivity contribution in [2.24, 2.45) is 11.7 Å². The molecule has 1 aromatic carbocycles. The summed E-state index contributed by atoms with van der Waals surface area (Å²) in [6.45, 7) is 3.59. The first-order chi connectivity index (χ1) is 8.19. The van der Waals surface area contributed by atoms with Crippen LogP contribution in [0.3, 0.4) is 0 Å². The SMILES string of the molecule is NC[C@H]1CCCN(Cc2cc(Cl)ccc2O)C1. The lowest BCUT2D eigenvalue weighted by atomic mass is 9.98. The molecule has 1 aliphatic rings. The van der Waals surface area contributed by atoms with Crippen molar-refractivity contribution >= 4 is 11.6 Å². The van der Waals surface area contributed by atoms with E-state index in [2.05, 4.69) is 4.90 Å². The summed E-state index contributed by atoms with van der Waals surface area (Å²) in [4.78, 5) is 2.34. The van der Waals surface area contributed by atoms with Crippen LogP contribution in [-0.4, -0.2) is 29.6 Å². The third-order valence-electron chi connectivity index (χ3n) is 3.37. The van der Waals surface area contributed by atoms with Crippen molar-refractivity contribution in [2.45, 2.75) is 19.4 Å². The summed E-state index contributed by atoms with van der Waals surface area (Å²) >= 11 is 5.94. The Morgan fingerprint density at radius 1 is 1.47 bits per heavy atom. The van der Waals surface area contributed by atoms with Gasteiger partial charge in [0.15, 0.2) is 0 Å². The standard InChI is InChI=1S/C13H19ClN2O/c14-12-3-4-13(17)11(6-12)9-16-5-1-2-10(7-15)8-16/h3-4,6,10,17H,1-2,5,7-9,15H2/t10-/m1/s1. The molecule has 0 amide bonds. The predicted octanol–water partition coefficient (Wildman–Crippen LogP) is 2.22. The molecule has 0 unspecified atom stereocenters. The van der Waals surface area contributed by atoms with Crippen LogP contribution in [0.25, 0.3) is 0 Å². The zero-order chi connectivity index (χ0) is 12.3. The number of likely N-dealkylation sites (tertiary alicyclic amines) is 1. The van der Waals surface area contributed by atoms with Crippen LogP contribution < -0.4 is 5.73 Å². The molecule has 0 spiro atoms. The minimum absolute atomic E-state index is 0.323. The molecule has 1 atom stereocenters. The van der Waals surface area contributed by atoms with E-state index in [0.717, 1.165) is 31.7 Å².